The van der Waals surface area contributed by atoms with Crippen molar-refractivity contribution >= 4 is 23.2 Å². The Morgan fingerprint density at radius 2 is 1.58 bits per heavy atom. The normalized spacial score (nSPS) is 12.3. The molecule has 0 N–H and O–H groups in total. The number of hydrogen-bond acceptors (Lipinski definition) is 5. The average Bonchev–Trinajstić information content (AvgIpc) is 3.15. The summed E-state index contributed by atoms with van der Waals surface area (Å²) < 4.78 is 3.21. The molecular formula is C24H24N4O2S. The summed E-state index contributed by atoms with van der Waals surface area (Å²) in [5.74, 6) is 0.0216. The Balaban J connectivity index is 1.64. The number of nitrogens with zero attached hydrogens (tertiary/aromatic N) is 4. The summed E-state index contributed by atoms with van der Waals surface area (Å²) in [7, 11) is 0. The molecule has 0 aliphatic rings. The summed E-state index contributed by atoms with van der Waals surface area (Å²) in [6.07, 6.45) is 3.48. The molecule has 1 atom stereocenters. The van der Waals surface area contributed by atoms with Gasteiger partial charge in [-0.3, -0.25) is 18.6 Å². The van der Waals surface area contributed by atoms with Gasteiger partial charge in [0.2, 0.25) is 5.65 Å². The van der Waals surface area contributed by atoms with Crippen LogP contribution in [0.4, 0.5) is 0 Å². The van der Waals surface area contributed by atoms with Gasteiger partial charge in [0, 0.05) is 23.6 Å². The van der Waals surface area contributed by atoms with Gasteiger partial charge in [-0.1, -0.05) is 30.0 Å². The van der Waals surface area contributed by atoms with E-state index in [9.17, 15) is 9.59 Å². The van der Waals surface area contributed by atoms with Gasteiger partial charge >= 0.3 is 5.56 Å². The van der Waals surface area contributed by atoms with Crippen LogP contribution in [-0.2, 0) is 0 Å². The predicted molar refractivity (Wildman–Crippen MR) is 124 cm³/mol. The molecule has 0 bridgehead atoms. The summed E-state index contributed by atoms with van der Waals surface area (Å²) in [5, 5.41) is 8.44. The number of benzene rings is 2. The third kappa shape index (κ3) is 3.93. The number of ketones is 1. The first kappa shape index (κ1) is 21.1. The molecular weight excluding hydrogens is 408 g/mol. The Bertz CT molecular complexity index is 1370. The highest BCUT2D eigenvalue weighted by Gasteiger charge is 2.21. The van der Waals surface area contributed by atoms with Gasteiger partial charge < -0.3 is 0 Å². The molecule has 2 aromatic heterocycles. The number of rotatable bonds is 5. The van der Waals surface area contributed by atoms with Crippen molar-refractivity contribution in [2.75, 3.05) is 0 Å². The molecule has 2 aromatic carbocycles. The van der Waals surface area contributed by atoms with Crippen LogP contribution in [0.3, 0.4) is 0 Å². The molecule has 6 nitrogen and oxygen atoms in total. The van der Waals surface area contributed by atoms with Crippen molar-refractivity contribution in [3.05, 3.63) is 87.0 Å². The molecule has 0 fully saturated rings. The first-order valence-electron chi connectivity index (χ1n) is 10.1. The van der Waals surface area contributed by atoms with E-state index in [1.807, 2.05) is 71.0 Å². The lowest BCUT2D eigenvalue weighted by Gasteiger charge is -2.11. The summed E-state index contributed by atoms with van der Waals surface area (Å²) in [6, 6.07) is 11.6. The monoisotopic (exact) mass is 432 g/mol. The van der Waals surface area contributed by atoms with Crippen molar-refractivity contribution in [3.63, 3.8) is 0 Å². The van der Waals surface area contributed by atoms with Crippen LogP contribution in [0.5, 0.6) is 0 Å². The van der Waals surface area contributed by atoms with Gasteiger partial charge in [-0.15, -0.1) is 10.2 Å². The molecule has 0 amide bonds. The van der Waals surface area contributed by atoms with Crippen molar-refractivity contribution < 1.29 is 4.79 Å². The van der Waals surface area contributed by atoms with Gasteiger partial charge in [0.1, 0.15) is 0 Å². The largest absolute Gasteiger partial charge is 0.300 e. The number of fused-ring (bicyclic) bond motifs is 1. The highest BCUT2D eigenvalue weighted by atomic mass is 32.2. The number of aryl methyl sites for hydroxylation is 4. The SMILES string of the molecule is Cc1ccc(C(=O)[C@@H](C)Sc2nnc3c(=O)n(-c4ccc(C)c(C)c4)ccn23)cc1C. The summed E-state index contributed by atoms with van der Waals surface area (Å²) in [5.41, 5.74) is 5.96. The molecule has 31 heavy (non-hydrogen) atoms. The fourth-order valence-electron chi connectivity index (χ4n) is 3.37. The minimum Gasteiger partial charge on any atom is -0.293 e. The smallest absolute Gasteiger partial charge is 0.293 e. The zero-order chi connectivity index (χ0) is 22.3. The van der Waals surface area contributed by atoms with E-state index >= 15 is 0 Å². The van der Waals surface area contributed by atoms with E-state index in [4.69, 9.17) is 0 Å². The molecule has 0 saturated carbocycles. The van der Waals surface area contributed by atoms with E-state index in [2.05, 4.69) is 10.2 Å². The zero-order valence-electron chi connectivity index (χ0n) is 18.2. The predicted octanol–water partition coefficient (Wildman–Crippen LogP) is 4.48. The van der Waals surface area contributed by atoms with Crippen LogP contribution in [0.25, 0.3) is 11.3 Å². The molecule has 0 saturated heterocycles. The van der Waals surface area contributed by atoms with Gasteiger partial charge in [-0.2, -0.15) is 0 Å². The van der Waals surface area contributed by atoms with Gasteiger partial charge in [0.05, 0.1) is 5.25 Å². The highest BCUT2D eigenvalue weighted by Crippen LogP contribution is 2.25. The van der Waals surface area contributed by atoms with Gasteiger partial charge in [0.25, 0.3) is 0 Å². The molecule has 7 heteroatoms. The van der Waals surface area contributed by atoms with Crippen LogP contribution in [0.15, 0.2) is 58.7 Å². The van der Waals surface area contributed by atoms with Crippen LogP contribution in [0.1, 0.15) is 39.5 Å². The van der Waals surface area contributed by atoms with Crippen molar-refractivity contribution in [2.45, 2.75) is 45.0 Å². The molecule has 0 spiro atoms. The Morgan fingerprint density at radius 3 is 2.26 bits per heavy atom. The molecule has 2 heterocycles. The summed E-state index contributed by atoms with van der Waals surface area (Å²) in [4.78, 5) is 25.9. The molecule has 0 radical (unpaired) electrons. The molecule has 0 aliphatic carbocycles. The Kier molecular flexibility index (Phi) is 5.54. The average molecular weight is 433 g/mol. The number of thioether (sulfide) groups is 1. The quantitative estimate of drug-likeness (QED) is 0.344. The van der Waals surface area contributed by atoms with Gasteiger partial charge in [0.15, 0.2) is 10.9 Å². The highest BCUT2D eigenvalue weighted by molar-refractivity contribution is 8.00. The van der Waals surface area contributed by atoms with Crippen molar-refractivity contribution in [1.29, 1.82) is 0 Å². The van der Waals surface area contributed by atoms with Crippen LogP contribution < -0.4 is 5.56 Å². The summed E-state index contributed by atoms with van der Waals surface area (Å²) in [6.45, 7) is 9.92. The second-order valence-electron chi connectivity index (χ2n) is 7.84. The minimum absolute atomic E-state index is 0.0216. The first-order chi connectivity index (χ1) is 14.8. The second-order valence-corrected chi connectivity index (χ2v) is 9.15. The third-order valence-electron chi connectivity index (χ3n) is 5.65. The number of carbonyl (C=O) groups is 1. The number of aromatic nitrogens is 4. The summed E-state index contributed by atoms with van der Waals surface area (Å²) >= 11 is 1.30. The van der Waals surface area contributed by atoms with Crippen molar-refractivity contribution in [2.24, 2.45) is 0 Å². The third-order valence-corrected chi connectivity index (χ3v) is 6.71. The van der Waals surface area contributed by atoms with E-state index in [1.165, 1.54) is 17.3 Å². The van der Waals surface area contributed by atoms with E-state index < -0.39 is 0 Å². The molecule has 4 aromatic rings. The zero-order valence-corrected chi connectivity index (χ0v) is 19.0. The maximum absolute atomic E-state index is 13.0. The van der Waals surface area contributed by atoms with Crippen LogP contribution >= 0.6 is 11.8 Å². The van der Waals surface area contributed by atoms with E-state index in [0.29, 0.717) is 10.7 Å². The Labute approximate surface area is 185 Å². The van der Waals surface area contributed by atoms with Crippen LogP contribution in [0.2, 0.25) is 0 Å². The Morgan fingerprint density at radius 1 is 0.903 bits per heavy atom. The van der Waals surface area contributed by atoms with Gasteiger partial charge in [-0.25, -0.2) is 0 Å². The topological polar surface area (TPSA) is 69.3 Å². The Hall–Kier alpha value is -3.19. The van der Waals surface area contributed by atoms with Crippen molar-refractivity contribution in [3.8, 4) is 5.69 Å². The number of hydrogen-bond donors (Lipinski definition) is 0. The van der Waals surface area contributed by atoms with Crippen molar-refractivity contribution in [1.82, 2.24) is 19.2 Å². The lowest BCUT2D eigenvalue weighted by atomic mass is 10.0. The molecule has 158 valence electrons. The maximum Gasteiger partial charge on any atom is 0.300 e. The lowest BCUT2D eigenvalue weighted by molar-refractivity contribution is 0.0993. The lowest BCUT2D eigenvalue weighted by Crippen LogP contribution is -2.20. The number of Topliss-reactive ketones (excluding diaryl/α,β-unsaturated/α-hetero) is 1. The van der Waals surface area contributed by atoms with E-state index in [0.717, 1.165) is 22.4 Å². The maximum atomic E-state index is 13.0. The number of carbonyl (C=O) groups excluding carboxylic acids is 1. The second kappa shape index (κ2) is 8.15. The minimum atomic E-state index is -0.364. The van der Waals surface area contributed by atoms with E-state index in [-0.39, 0.29) is 22.2 Å². The fraction of sp³-hybridized carbons (Fsp3) is 0.250. The molecule has 0 unspecified atom stereocenters. The molecule has 0 aliphatic heterocycles. The van der Waals surface area contributed by atoms with E-state index in [1.54, 1.807) is 21.4 Å². The van der Waals surface area contributed by atoms with Crippen LogP contribution in [0, 0.1) is 27.7 Å². The fourth-order valence-corrected chi connectivity index (χ4v) is 4.27. The van der Waals surface area contributed by atoms with Gasteiger partial charge in [-0.05, 0) is 75.1 Å². The standard InChI is InChI=1S/C24H24N4O2S/c1-14-6-8-19(12-16(14)3)21(29)18(5)31-24-26-25-22-23(30)27(10-11-28(22)24)20-9-7-15(2)17(4)13-20/h6-13,18H,1-5H3/t18-/m1/s1. The first-order valence-corrected chi connectivity index (χ1v) is 11.0. The van der Waals surface area contributed by atoms with Crippen LogP contribution in [-0.4, -0.2) is 30.2 Å². The molecule has 4 rings (SSSR count).